The first-order valence-corrected chi connectivity index (χ1v) is 5.09. The minimum absolute atomic E-state index is 0.0362. The summed E-state index contributed by atoms with van der Waals surface area (Å²) in [4.78, 5) is 18.5. The molecule has 0 amide bonds. The van der Waals surface area contributed by atoms with E-state index in [1.54, 1.807) is 14.0 Å². The summed E-state index contributed by atoms with van der Waals surface area (Å²) in [6.45, 7) is 1.61. The van der Waals surface area contributed by atoms with Gasteiger partial charge in [-0.05, 0) is 19.8 Å². The average Bonchev–Trinajstić information content (AvgIpc) is 3.00. The first-order chi connectivity index (χ1) is 7.61. The monoisotopic (exact) mass is 223 g/mol. The second kappa shape index (κ2) is 3.92. The Balaban J connectivity index is 2.42. The van der Waals surface area contributed by atoms with Gasteiger partial charge in [0.05, 0.1) is 4.92 Å². The van der Waals surface area contributed by atoms with Crippen molar-refractivity contribution in [1.82, 2.24) is 9.97 Å². The van der Waals surface area contributed by atoms with Crippen LogP contribution in [0.25, 0.3) is 0 Å². The number of anilines is 2. The fourth-order valence-electron chi connectivity index (χ4n) is 1.42. The summed E-state index contributed by atoms with van der Waals surface area (Å²) in [5.41, 5.74) is 0.332. The smallest absolute Gasteiger partial charge is 0.332 e. The SMILES string of the molecule is CNc1nc(C)c([N+](=O)[O-])c(NC2CC2)n1. The zero-order chi connectivity index (χ0) is 11.7. The highest BCUT2D eigenvalue weighted by molar-refractivity contribution is 5.61. The molecule has 0 radical (unpaired) electrons. The van der Waals surface area contributed by atoms with Crippen LogP contribution in [-0.2, 0) is 0 Å². The fraction of sp³-hybridized carbons (Fsp3) is 0.556. The molecule has 7 heteroatoms. The van der Waals surface area contributed by atoms with E-state index in [9.17, 15) is 10.1 Å². The number of aryl methyl sites for hydroxylation is 1. The molecule has 16 heavy (non-hydrogen) atoms. The van der Waals surface area contributed by atoms with Crippen LogP contribution in [0.2, 0.25) is 0 Å². The Morgan fingerprint density at radius 1 is 1.44 bits per heavy atom. The van der Waals surface area contributed by atoms with E-state index in [-0.39, 0.29) is 5.69 Å². The maximum Gasteiger partial charge on any atom is 0.332 e. The predicted octanol–water partition coefficient (Wildman–Crippen LogP) is 1.31. The third-order valence-electron chi connectivity index (χ3n) is 2.38. The minimum atomic E-state index is -0.445. The number of nitrogens with zero attached hydrogens (tertiary/aromatic N) is 3. The molecule has 0 saturated heterocycles. The molecular weight excluding hydrogens is 210 g/mol. The molecule has 0 spiro atoms. The number of rotatable bonds is 4. The Labute approximate surface area is 92.4 Å². The molecule has 1 fully saturated rings. The number of nitrogens with one attached hydrogen (secondary N) is 2. The highest BCUT2D eigenvalue weighted by Gasteiger charge is 2.28. The van der Waals surface area contributed by atoms with Gasteiger partial charge < -0.3 is 10.6 Å². The first-order valence-electron chi connectivity index (χ1n) is 5.09. The predicted molar refractivity (Wildman–Crippen MR) is 59.6 cm³/mol. The summed E-state index contributed by atoms with van der Waals surface area (Å²) in [6.07, 6.45) is 2.07. The number of hydrogen-bond acceptors (Lipinski definition) is 6. The van der Waals surface area contributed by atoms with Gasteiger partial charge in [-0.25, -0.2) is 4.98 Å². The second-order valence-corrected chi connectivity index (χ2v) is 3.76. The van der Waals surface area contributed by atoms with Gasteiger partial charge in [0.2, 0.25) is 11.8 Å². The lowest BCUT2D eigenvalue weighted by atomic mass is 10.3. The summed E-state index contributed by atoms with van der Waals surface area (Å²) < 4.78 is 0. The third kappa shape index (κ3) is 2.02. The van der Waals surface area contributed by atoms with Gasteiger partial charge in [-0.2, -0.15) is 4.98 Å². The number of hydrogen-bond donors (Lipinski definition) is 2. The molecular formula is C9H13N5O2. The molecule has 2 N–H and O–H groups in total. The maximum atomic E-state index is 10.9. The lowest BCUT2D eigenvalue weighted by Crippen LogP contribution is -2.10. The van der Waals surface area contributed by atoms with Crippen LogP contribution in [0.15, 0.2) is 0 Å². The van der Waals surface area contributed by atoms with Crippen molar-refractivity contribution in [3.05, 3.63) is 15.8 Å². The van der Waals surface area contributed by atoms with Crippen molar-refractivity contribution in [3.63, 3.8) is 0 Å². The van der Waals surface area contributed by atoms with Crippen molar-refractivity contribution in [2.75, 3.05) is 17.7 Å². The largest absolute Gasteiger partial charge is 0.361 e. The Kier molecular flexibility index (Phi) is 2.59. The van der Waals surface area contributed by atoms with Crippen LogP contribution in [0.5, 0.6) is 0 Å². The van der Waals surface area contributed by atoms with Crippen LogP contribution in [0.1, 0.15) is 18.5 Å². The third-order valence-corrected chi connectivity index (χ3v) is 2.38. The van der Waals surface area contributed by atoms with Crippen LogP contribution in [0.3, 0.4) is 0 Å². The van der Waals surface area contributed by atoms with Crippen LogP contribution in [0, 0.1) is 17.0 Å². The molecule has 1 aliphatic rings. The quantitative estimate of drug-likeness (QED) is 0.590. The van der Waals surface area contributed by atoms with Crippen molar-refractivity contribution in [2.45, 2.75) is 25.8 Å². The van der Waals surface area contributed by atoms with E-state index in [2.05, 4.69) is 20.6 Å². The minimum Gasteiger partial charge on any atom is -0.361 e. The Bertz CT molecular complexity index is 430. The van der Waals surface area contributed by atoms with Gasteiger partial charge in [-0.3, -0.25) is 10.1 Å². The molecule has 1 heterocycles. The van der Waals surface area contributed by atoms with Gasteiger partial charge in [0.15, 0.2) is 0 Å². The van der Waals surface area contributed by atoms with Crippen LogP contribution in [0.4, 0.5) is 17.5 Å². The van der Waals surface area contributed by atoms with E-state index >= 15 is 0 Å². The molecule has 1 aromatic rings. The van der Waals surface area contributed by atoms with Crippen molar-refractivity contribution >= 4 is 17.5 Å². The van der Waals surface area contributed by atoms with Gasteiger partial charge >= 0.3 is 5.69 Å². The van der Waals surface area contributed by atoms with E-state index in [0.29, 0.717) is 23.5 Å². The first kappa shape index (κ1) is 10.6. The molecule has 0 unspecified atom stereocenters. The Morgan fingerprint density at radius 3 is 2.62 bits per heavy atom. The van der Waals surface area contributed by atoms with Crippen LogP contribution < -0.4 is 10.6 Å². The average molecular weight is 223 g/mol. The molecule has 86 valence electrons. The highest BCUT2D eigenvalue weighted by Crippen LogP contribution is 2.31. The topological polar surface area (TPSA) is 93.0 Å². The number of aromatic nitrogens is 2. The Hall–Kier alpha value is -1.92. The lowest BCUT2D eigenvalue weighted by Gasteiger charge is -2.08. The second-order valence-electron chi connectivity index (χ2n) is 3.76. The van der Waals surface area contributed by atoms with E-state index in [1.807, 2.05) is 0 Å². The fourth-order valence-corrected chi connectivity index (χ4v) is 1.42. The summed E-state index contributed by atoms with van der Waals surface area (Å²) in [6, 6.07) is 0.317. The summed E-state index contributed by atoms with van der Waals surface area (Å²) in [7, 11) is 1.68. The molecule has 1 aromatic heterocycles. The summed E-state index contributed by atoms with van der Waals surface area (Å²) >= 11 is 0. The zero-order valence-corrected chi connectivity index (χ0v) is 9.15. The van der Waals surface area contributed by atoms with Crippen molar-refractivity contribution in [2.24, 2.45) is 0 Å². The van der Waals surface area contributed by atoms with Gasteiger partial charge in [0.1, 0.15) is 5.69 Å². The molecule has 0 bridgehead atoms. The van der Waals surface area contributed by atoms with Gasteiger partial charge in [0, 0.05) is 13.1 Å². The van der Waals surface area contributed by atoms with E-state index in [1.165, 1.54) is 0 Å². The summed E-state index contributed by atoms with van der Waals surface area (Å²) in [5.74, 6) is 0.704. The maximum absolute atomic E-state index is 10.9. The molecule has 0 aromatic carbocycles. The standard InChI is InChI=1S/C9H13N5O2/c1-5-7(14(15)16)8(12-6-3-4-6)13-9(10-2)11-5/h6H,3-4H2,1-2H3,(H2,10,11,12,13). The summed E-state index contributed by atoms with van der Waals surface area (Å²) in [5, 5.41) is 16.7. The van der Waals surface area contributed by atoms with Crippen molar-refractivity contribution < 1.29 is 4.92 Å². The van der Waals surface area contributed by atoms with Crippen LogP contribution in [-0.4, -0.2) is 28.0 Å². The van der Waals surface area contributed by atoms with E-state index in [0.717, 1.165) is 12.8 Å². The van der Waals surface area contributed by atoms with Gasteiger partial charge in [-0.1, -0.05) is 0 Å². The highest BCUT2D eigenvalue weighted by atomic mass is 16.6. The van der Waals surface area contributed by atoms with Gasteiger partial charge in [0.25, 0.3) is 0 Å². The van der Waals surface area contributed by atoms with Crippen molar-refractivity contribution in [3.8, 4) is 0 Å². The van der Waals surface area contributed by atoms with Crippen LogP contribution >= 0.6 is 0 Å². The van der Waals surface area contributed by atoms with E-state index < -0.39 is 4.92 Å². The molecule has 1 aliphatic carbocycles. The normalized spacial score (nSPS) is 14.6. The molecule has 1 saturated carbocycles. The van der Waals surface area contributed by atoms with Gasteiger partial charge in [-0.15, -0.1) is 0 Å². The lowest BCUT2D eigenvalue weighted by molar-refractivity contribution is -0.385. The molecule has 7 nitrogen and oxygen atoms in total. The van der Waals surface area contributed by atoms with Crippen molar-refractivity contribution in [1.29, 1.82) is 0 Å². The molecule has 2 rings (SSSR count). The molecule has 0 atom stereocenters. The van der Waals surface area contributed by atoms with E-state index in [4.69, 9.17) is 0 Å². The zero-order valence-electron chi connectivity index (χ0n) is 9.15. The Morgan fingerprint density at radius 2 is 2.12 bits per heavy atom. The number of nitro groups is 1. The molecule has 0 aliphatic heterocycles.